The lowest BCUT2D eigenvalue weighted by Gasteiger charge is -2.13. The van der Waals surface area contributed by atoms with Gasteiger partial charge in [-0.05, 0) is 37.5 Å². The van der Waals surface area contributed by atoms with Crippen LogP contribution in [0.4, 0.5) is 0 Å². The van der Waals surface area contributed by atoms with E-state index in [4.69, 9.17) is 23.2 Å². The highest BCUT2D eigenvalue weighted by Crippen LogP contribution is 2.31. The molecule has 3 rings (SSSR count). The Kier molecular flexibility index (Phi) is 4.23. The molecule has 0 saturated heterocycles. The molecule has 2 nitrogen and oxygen atoms in total. The summed E-state index contributed by atoms with van der Waals surface area (Å²) in [5.41, 5.74) is 2.10. The summed E-state index contributed by atoms with van der Waals surface area (Å²) in [6.07, 6.45) is 6.74. The Hall–Kier alpha value is -0.730. The van der Waals surface area contributed by atoms with Crippen molar-refractivity contribution in [3.8, 4) is 0 Å². The number of fused-ring (bicyclic) bond motifs is 1. The monoisotopic (exact) mass is 310 g/mol. The maximum Gasteiger partial charge on any atom is 0.127 e. The molecule has 1 aromatic heterocycles. The molecule has 0 N–H and O–H groups in total. The third-order valence-electron chi connectivity index (χ3n) is 4.33. The number of nitrogens with zero attached hydrogens (tertiary/aromatic N) is 2. The van der Waals surface area contributed by atoms with Gasteiger partial charge in [0.25, 0.3) is 0 Å². The number of alkyl halides is 1. The molecule has 1 aromatic carbocycles. The van der Waals surface area contributed by atoms with Crippen LogP contribution in [0.25, 0.3) is 11.0 Å². The Morgan fingerprint density at radius 2 is 2.10 bits per heavy atom. The molecule has 1 heterocycles. The van der Waals surface area contributed by atoms with Gasteiger partial charge in [0.05, 0.1) is 16.4 Å². The Balaban J connectivity index is 1.92. The van der Waals surface area contributed by atoms with E-state index in [-0.39, 0.29) is 5.38 Å². The first-order chi connectivity index (χ1) is 9.65. The fourth-order valence-corrected chi connectivity index (χ4v) is 3.60. The number of hydrogen-bond donors (Lipinski definition) is 0. The van der Waals surface area contributed by atoms with Gasteiger partial charge in [-0.3, -0.25) is 0 Å². The highest BCUT2D eigenvalue weighted by atomic mass is 35.5. The zero-order chi connectivity index (χ0) is 14.1. The third kappa shape index (κ3) is 2.82. The molecule has 0 spiro atoms. The average molecular weight is 311 g/mol. The van der Waals surface area contributed by atoms with Crippen molar-refractivity contribution in [2.45, 2.75) is 50.9 Å². The molecule has 0 amide bonds. The molecule has 1 aliphatic rings. The zero-order valence-electron chi connectivity index (χ0n) is 11.8. The highest BCUT2D eigenvalue weighted by molar-refractivity contribution is 6.31. The summed E-state index contributed by atoms with van der Waals surface area (Å²) in [5.74, 6) is 1.83. The van der Waals surface area contributed by atoms with Crippen molar-refractivity contribution in [1.82, 2.24) is 9.55 Å². The van der Waals surface area contributed by atoms with Crippen molar-refractivity contribution in [3.05, 3.63) is 29.0 Å². The van der Waals surface area contributed by atoms with E-state index in [0.29, 0.717) is 0 Å². The van der Waals surface area contributed by atoms with Crippen molar-refractivity contribution in [2.24, 2.45) is 5.92 Å². The van der Waals surface area contributed by atoms with Crippen molar-refractivity contribution in [2.75, 3.05) is 0 Å². The van der Waals surface area contributed by atoms with Gasteiger partial charge in [-0.15, -0.1) is 11.6 Å². The van der Waals surface area contributed by atoms with Crippen LogP contribution in [0, 0.1) is 5.92 Å². The molecule has 1 saturated carbocycles. The van der Waals surface area contributed by atoms with E-state index < -0.39 is 0 Å². The van der Waals surface area contributed by atoms with Gasteiger partial charge in [-0.2, -0.15) is 0 Å². The quantitative estimate of drug-likeness (QED) is 0.675. The van der Waals surface area contributed by atoms with Gasteiger partial charge in [-0.1, -0.05) is 37.3 Å². The molecule has 1 aliphatic carbocycles. The van der Waals surface area contributed by atoms with Crippen LogP contribution >= 0.6 is 23.2 Å². The number of imidazole rings is 1. The number of halogens is 2. The van der Waals surface area contributed by atoms with Crippen LogP contribution in [0.3, 0.4) is 0 Å². The van der Waals surface area contributed by atoms with E-state index >= 15 is 0 Å². The van der Waals surface area contributed by atoms with E-state index in [2.05, 4.69) is 9.55 Å². The number of aryl methyl sites for hydroxylation is 1. The van der Waals surface area contributed by atoms with Gasteiger partial charge < -0.3 is 4.57 Å². The van der Waals surface area contributed by atoms with Gasteiger partial charge in [0.2, 0.25) is 0 Å². The standard InChI is InChI=1S/C16H20Cl2N2/c1-11(17)16-19-14-7-6-13(18)10-15(14)20(16)9-8-12-4-2-3-5-12/h6-7,10-12H,2-5,8-9H2,1H3. The third-order valence-corrected chi connectivity index (χ3v) is 4.76. The second kappa shape index (κ2) is 5.95. The smallest absolute Gasteiger partial charge is 0.127 e. The lowest BCUT2D eigenvalue weighted by atomic mass is 10.0. The van der Waals surface area contributed by atoms with Crippen molar-refractivity contribution >= 4 is 34.2 Å². The molecule has 2 aromatic rings. The molecule has 1 fully saturated rings. The van der Waals surface area contributed by atoms with E-state index in [0.717, 1.165) is 34.3 Å². The fraction of sp³-hybridized carbons (Fsp3) is 0.562. The first-order valence-corrected chi connectivity index (χ1v) is 8.26. The van der Waals surface area contributed by atoms with Crippen molar-refractivity contribution in [3.63, 3.8) is 0 Å². The average Bonchev–Trinajstić information content (AvgIpc) is 3.03. The van der Waals surface area contributed by atoms with Crippen LogP contribution in [-0.2, 0) is 6.54 Å². The number of rotatable bonds is 4. The largest absolute Gasteiger partial charge is 0.327 e. The molecule has 1 unspecified atom stereocenters. The molecule has 20 heavy (non-hydrogen) atoms. The van der Waals surface area contributed by atoms with E-state index in [9.17, 15) is 0 Å². The minimum Gasteiger partial charge on any atom is -0.327 e. The second-order valence-electron chi connectivity index (χ2n) is 5.81. The van der Waals surface area contributed by atoms with Crippen LogP contribution in [0.2, 0.25) is 5.02 Å². The number of benzene rings is 1. The molecule has 108 valence electrons. The zero-order valence-corrected chi connectivity index (χ0v) is 13.3. The van der Waals surface area contributed by atoms with Crippen LogP contribution in [0.1, 0.15) is 50.2 Å². The lowest BCUT2D eigenvalue weighted by Crippen LogP contribution is -2.08. The molecule has 0 radical (unpaired) electrons. The Morgan fingerprint density at radius 1 is 1.35 bits per heavy atom. The van der Waals surface area contributed by atoms with Gasteiger partial charge in [0.1, 0.15) is 5.82 Å². The summed E-state index contributed by atoms with van der Waals surface area (Å²) in [5, 5.41) is 0.679. The van der Waals surface area contributed by atoms with Crippen molar-refractivity contribution < 1.29 is 0 Å². The molecule has 4 heteroatoms. The summed E-state index contributed by atoms with van der Waals surface area (Å²) >= 11 is 12.4. The summed E-state index contributed by atoms with van der Waals surface area (Å²) in [6.45, 7) is 2.98. The van der Waals surface area contributed by atoms with Crippen LogP contribution in [0.15, 0.2) is 18.2 Å². The van der Waals surface area contributed by atoms with Gasteiger partial charge in [0.15, 0.2) is 0 Å². The van der Waals surface area contributed by atoms with Crippen molar-refractivity contribution in [1.29, 1.82) is 0 Å². The lowest BCUT2D eigenvalue weighted by molar-refractivity contribution is 0.456. The Labute approximate surface area is 130 Å². The van der Waals surface area contributed by atoms with E-state index in [1.807, 2.05) is 25.1 Å². The normalized spacial score (nSPS) is 17.9. The van der Waals surface area contributed by atoms with Gasteiger partial charge in [0, 0.05) is 11.6 Å². The molecular weight excluding hydrogens is 291 g/mol. The first-order valence-electron chi connectivity index (χ1n) is 7.45. The van der Waals surface area contributed by atoms with Crippen LogP contribution < -0.4 is 0 Å². The predicted octanol–water partition coefficient (Wildman–Crippen LogP) is 5.57. The maximum absolute atomic E-state index is 6.30. The molecule has 0 bridgehead atoms. The van der Waals surface area contributed by atoms with Crippen LogP contribution in [0.5, 0.6) is 0 Å². The summed E-state index contributed by atoms with van der Waals surface area (Å²) in [7, 11) is 0. The minimum absolute atomic E-state index is 0.0789. The molecular formula is C16H20Cl2N2. The van der Waals surface area contributed by atoms with E-state index in [1.165, 1.54) is 32.1 Å². The summed E-state index contributed by atoms with van der Waals surface area (Å²) in [6, 6.07) is 5.87. The molecule has 1 atom stereocenters. The predicted molar refractivity (Wildman–Crippen MR) is 85.6 cm³/mol. The molecule has 0 aliphatic heterocycles. The number of hydrogen-bond acceptors (Lipinski definition) is 1. The SMILES string of the molecule is CC(Cl)c1nc2ccc(Cl)cc2n1CCC1CCCC1. The fourth-order valence-electron chi connectivity index (χ4n) is 3.26. The van der Waals surface area contributed by atoms with Crippen LogP contribution in [-0.4, -0.2) is 9.55 Å². The Morgan fingerprint density at radius 3 is 2.80 bits per heavy atom. The topological polar surface area (TPSA) is 17.8 Å². The second-order valence-corrected chi connectivity index (χ2v) is 6.90. The first kappa shape index (κ1) is 14.2. The summed E-state index contributed by atoms with van der Waals surface area (Å²) < 4.78 is 2.26. The van der Waals surface area contributed by atoms with E-state index in [1.54, 1.807) is 0 Å². The van der Waals surface area contributed by atoms with Gasteiger partial charge in [-0.25, -0.2) is 4.98 Å². The number of aromatic nitrogens is 2. The highest BCUT2D eigenvalue weighted by Gasteiger charge is 2.18. The maximum atomic E-state index is 6.30. The van der Waals surface area contributed by atoms with Gasteiger partial charge >= 0.3 is 0 Å². The summed E-state index contributed by atoms with van der Waals surface area (Å²) in [4.78, 5) is 4.67. The minimum atomic E-state index is -0.0789. The Bertz CT molecular complexity index is 598.